The number of carbonyl (C=O) groups is 2. The van der Waals surface area contributed by atoms with Crippen LogP contribution in [0.15, 0.2) is 35.6 Å². The van der Waals surface area contributed by atoms with Crippen LogP contribution in [0.3, 0.4) is 0 Å². The van der Waals surface area contributed by atoms with E-state index in [-0.39, 0.29) is 24.5 Å². The molecule has 0 aliphatic heterocycles. The van der Waals surface area contributed by atoms with Gasteiger partial charge in [-0.1, -0.05) is 45.0 Å². The summed E-state index contributed by atoms with van der Waals surface area (Å²) < 4.78 is 5.00. The summed E-state index contributed by atoms with van der Waals surface area (Å²) in [5.74, 6) is -0.325. The number of nitrogens with one attached hydrogen (secondary N) is 1. The smallest absolute Gasteiger partial charge is 0.354 e. The number of nitrogens with zero attached hydrogens (tertiary/aromatic N) is 3. The minimum absolute atomic E-state index is 0.0107. The molecule has 0 bridgehead atoms. The average Bonchev–Trinajstić information content (AvgIpc) is 2.57. The molecular formula is C18H22N4O3. The summed E-state index contributed by atoms with van der Waals surface area (Å²) in [4.78, 5) is 24.4. The summed E-state index contributed by atoms with van der Waals surface area (Å²) in [6, 6.07) is 7.53. The molecule has 0 fully saturated rings. The number of rotatable bonds is 6. The fourth-order valence-electron chi connectivity index (χ4n) is 2.02. The molecule has 0 aliphatic carbocycles. The van der Waals surface area contributed by atoms with Crippen molar-refractivity contribution in [2.45, 2.75) is 34.1 Å². The third-order valence-corrected chi connectivity index (χ3v) is 3.54. The molecule has 25 heavy (non-hydrogen) atoms. The molecule has 0 spiro atoms. The maximum absolute atomic E-state index is 12.3. The quantitative estimate of drug-likeness (QED) is 0.493. The highest BCUT2D eigenvalue weighted by Crippen LogP contribution is 2.20. The van der Waals surface area contributed by atoms with Gasteiger partial charge in [-0.3, -0.25) is 10.2 Å². The zero-order valence-corrected chi connectivity index (χ0v) is 14.9. The molecule has 7 heteroatoms. The molecule has 0 aliphatic rings. The fraction of sp³-hybridized carbons (Fsp3) is 0.389. The van der Waals surface area contributed by atoms with E-state index in [0.29, 0.717) is 5.82 Å². The summed E-state index contributed by atoms with van der Waals surface area (Å²) in [6.45, 7) is 7.28. The molecule has 7 nitrogen and oxygen atoms in total. The maximum atomic E-state index is 12.3. The highest BCUT2D eigenvalue weighted by molar-refractivity contribution is 6.40. The van der Waals surface area contributed by atoms with Crippen molar-refractivity contribution in [3.63, 3.8) is 0 Å². The van der Waals surface area contributed by atoms with Crippen LogP contribution < -0.4 is 5.43 Å². The number of carbonyl (C=O) groups excluding carboxylic acids is 2. The Hall–Kier alpha value is -2.83. The monoisotopic (exact) mass is 342 g/mol. The molecule has 1 heterocycles. The van der Waals surface area contributed by atoms with E-state index < -0.39 is 11.4 Å². The van der Waals surface area contributed by atoms with E-state index in [1.165, 1.54) is 0 Å². The molecule has 0 radical (unpaired) electrons. The largest absolute Gasteiger partial charge is 0.461 e. The molecule has 0 saturated carbocycles. The van der Waals surface area contributed by atoms with Gasteiger partial charge in [0.05, 0.1) is 19.2 Å². The van der Waals surface area contributed by atoms with Gasteiger partial charge in [0, 0.05) is 16.2 Å². The van der Waals surface area contributed by atoms with Crippen LogP contribution in [0, 0.1) is 5.41 Å². The number of benzene rings is 1. The Kier molecular flexibility index (Phi) is 5.80. The number of ether oxygens (including phenoxy) is 1. The zero-order valence-electron chi connectivity index (χ0n) is 14.9. The first-order valence-corrected chi connectivity index (χ1v) is 8.06. The molecule has 1 aromatic carbocycles. The van der Waals surface area contributed by atoms with E-state index >= 15 is 0 Å². The van der Waals surface area contributed by atoms with Crippen LogP contribution >= 0.6 is 0 Å². The van der Waals surface area contributed by atoms with Crippen molar-refractivity contribution in [3.05, 3.63) is 30.5 Å². The van der Waals surface area contributed by atoms with Crippen LogP contribution in [0.1, 0.15) is 34.1 Å². The van der Waals surface area contributed by atoms with Gasteiger partial charge in [0.2, 0.25) is 0 Å². The number of fused-ring (bicyclic) bond motifs is 1. The Morgan fingerprint density at radius 3 is 2.64 bits per heavy atom. The van der Waals surface area contributed by atoms with Crippen molar-refractivity contribution in [1.82, 2.24) is 10.2 Å². The number of hydrazone groups is 1. The third kappa shape index (κ3) is 4.82. The van der Waals surface area contributed by atoms with E-state index in [9.17, 15) is 9.59 Å². The summed E-state index contributed by atoms with van der Waals surface area (Å²) in [5, 5.41) is 13.7. The number of esters is 1. The Morgan fingerprint density at radius 1 is 1.24 bits per heavy atom. The second kappa shape index (κ2) is 7.83. The highest BCUT2D eigenvalue weighted by Gasteiger charge is 2.26. The standard InChI is InChI=1S/C18H22N4O3/c1-5-25-17(24)14(10-15(23)18(2,3)4)20-22-16-13-9-7-6-8-12(13)11-19-21-16/h6-9,11H,5,10H2,1-4H3,(H,21,22). The Bertz CT molecular complexity index is 804. The van der Waals surface area contributed by atoms with E-state index in [1.807, 2.05) is 24.3 Å². The number of Topliss-reactive ketones (excluding diaryl/α,β-unsaturated/α-hetero) is 1. The van der Waals surface area contributed by atoms with Crippen LogP contribution in [-0.2, 0) is 14.3 Å². The summed E-state index contributed by atoms with van der Waals surface area (Å²) in [5.41, 5.74) is 2.18. The van der Waals surface area contributed by atoms with Crippen LogP contribution in [0.4, 0.5) is 5.82 Å². The Balaban J connectivity index is 2.30. The van der Waals surface area contributed by atoms with Gasteiger partial charge in [0.15, 0.2) is 11.5 Å². The molecule has 0 unspecified atom stereocenters. The highest BCUT2D eigenvalue weighted by atomic mass is 16.5. The first kappa shape index (κ1) is 18.5. The SMILES string of the molecule is CCOC(=O)C(CC(=O)C(C)(C)C)=NNc1nncc2ccccc12. The van der Waals surface area contributed by atoms with Gasteiger partial charge in [0.25, 0.3) is 0 Å². The molecule has 132 valence electrons. The van der Waals surface area contributed by atoms with Gasteiger partial charge < -0.3 is 4.74 Å². The molecule has 2 rings (SSSR count). The third-order valence-electron chi connectivity index (χ3n) is 3.54. The molecule has 0 amide bonds. The number of ketones is 1. The van der Waals surface area contributed by atoms with Gasteiger partial charge in [0.1, 0.15) is 5.78 Å². The lowest BCUT2D eigenvalue weighted by Crippen LogP contribution is -2.28. The van der Waals surface area contributed by atoms with E-state index in [4.69, 9.17) is 4.74 Å². The van der Waals surface area contributed by atoms with Gasteiger partial charge in [-0.15, -0.1) is 5.10 Å². The fourth-order valence-corrected chi connectivity index (χ4v) is 2.02. The lowest BCUT2D eigenvalue weighted by Gasteiger charge is -2.16. The predicted octanol–water partition coefficient (Wildman–Crippen LogP) is 2.97. The van der Waals surface area contributed by atoms with Crippen molar-refractivity contribution in [3.8, 4) is 0 Å². The molecule has 0 saturated heterocycles. The van der Waals surface area contributed by atoms with Crippen LogP contribution in [0.2, 0.25) is 0 Å². The summed E-state index contributed by atoms with van der Waals surface area (Å²) in [6.07, 6.45) is 1.52. The lowest BCUT2D eigenvalue weighted by molar-refractivity contribution is -0.136. The molecule has 1 aromatic heterocycles. The molecule has 0 atom stereocenters. The number of hydrogen-bond donors (Lipinski definition) is 1. The van der Waals surface area contributed by atoms with Crippen LogP contribution in [0.5, 0.6) is 0 Å². The Morgan fingerprint density at radius 2 is 1.96 bits per heavy atom. The van der Waals surface area contributed by atoms with E-state index in [1.54, 1.807) is 33.9 Å². The van der Waals surface area contributed by atoms with Crippen LogP contribution in [-0.4, -0.2) is 34.3 Å². The first-order chi connectivity index (χ1) is 11.8. The van der Waals surface area contributed by atoms with Crippen molar-refractivity contribution in [2.24, 2.45) is 10.5 Å². The summed E-state index contributed by atoms with van der Waals surface area (Å²) >= 11 is 0. The maximum Gasteiger partial charge on any atom is 0.354 e. The predicted molar refractivity (Wildman–Crippen MR) is 96.3 cm³/mol. The minimum atomic E-state index is -0.624. The van der Waals surface area contributed by atoms with Crippen molar-refractivity contribution in [1.29, 1.82) is 0 Å². The van der Waals surface area contributed by atoms with Gasteiger partial charge >= 0.3 is 5.97 Å². The zero-order chi connectivity index (χ0) is 18.4. The van der Waals surface area contributed by atoms with Gasteiger partial charge in [-0.05, 0) is 6.92 Å². The second-order valence-electron chi connectivity index (χ2n) is 6.52. The van der Waals surface area contributed by atoms with Crippen molar-refractivity contribution < 1.29 is 14.3 Å². The van der Waals surface area contributed by atoms with Crippen molar-refractivity contribution >= 4 is 34.1 Å². The number of aromatic nitrogens is 2. The second-order valence-corrected chi connectivity index (χ2v) is 6.52. The normalized spacial score (nSPS) is 12.1. The van der Waals surface area contributed by atoms with Gasteiger partial charge in [-0.25, -0.2) is 4.79 Å². The minimum Gasteiger partial charge on any atom is -0.461 e. The number of hydrogen-bond acceptors (Lipinski definition) is 7. The average molecular weight is 342 g/mol. The van der Waals surface area contributed by atoms with E-state index in [2.05, 4.69) is 20.7 Å². The molecular weight excluding hydrogens is 320 g/mol. The number of anilines is 1. The molecule has 2 aromatic rings. The topological polar surface area (TPSA) is 93.5 Å². The van der Waals surface area contributed by atoms with Crippen molar-refractivity contribution in [2.75, 3.05) is 12.0 Å². The first-order valence-electron chi connectivity index (χ1n) is 8.06. The summed E-state index contributed by atoms with van der Waals surface area (Å²) in [7, 11) is 0. The van der Waals surface area contributed by atoms with Gasteiger partial charge in [-0.2, -0.15) is 10.2 Å². The Labute approximate surface area is 146 Å². The van der Waals surface area contributed by atoms with E-state index in [0.717, 1.165) is 10.8 Å². The van der Waals surface area contributed by atoms with Crippen LogP contribution in [0.25, 0.3) is 10.8 Å². The lowest BCUT2D eigenvalue weighted by atomic mass is 9.88. The molecule has 1 N–H and O–H groups in total.